The van der Waals surface area contributed by atoms with E-state index in [0.717, 1.165) is 56.5 Å². The Morgan fingerprint density at radius 1 is 1.42 bits per heavy atom. The van der Waals surface area contributed by atoms with Crippen LogP contribution in [0.3, 0.4) is 0 Å². The van der Waals surface area contributed by atoms with Gasteiger partial charge < -0.3 is 19.1 Å². The summed E-state index contributed by atoms with van der Waals surface area (Å²) in [7, 11) is 0. The highest BCUT2D eigenvalue weighted by Crippen LogP contribution is 2.28. The van der Waals surface area contributed by atoms with Crippen molar-refractivity contribution in [1.82, 2.24) is 4.98 Å². The van der Waals surface area contributed by atoms with Crippen molar-refractivity contribution in [2.45, 2.75) is 19.4 Å². The minimum atomic E-state index is 0.265. The Morgan fingerprint density at radius 3 is 3.16 bits per heavy atom. The molecule has 1 aromatic rings. The number of anilines is 1. The number of aryl methyl sites for hydroxylation is 1. The third-order valence-electron chi connectivity index (χ3n) is 3.32. The van der Waals surface area contributed by atoms with E-state index in [1.54, 1.807) is 0 Å². The fourth-order valence-corrected chi connectivity index (χ4v) is 2.18. The molecule has 0 saturated carbocycles. The van der Waals surface area contributed by atoms with Gasteiger partial charge in [0.2, 0.25) is 0 Å². The number of aromatic nitrogens is 1. The fourth-order valence-electron chi connectivity index (χ4n) is 2.18. The lowest BCUT2D eigenvalue weighted by Crippen LogP contribution is -2.27. The van der Waals surface area contributed by atoms with Crippen molar-refractivity contribution < 1.29 is 14.2 Å². The van der Waals surface area contributed by atoms with Gasteiger partial charge in [-0.2, -0.15) is 0 Å². The molecule has 19 heavy (non-hydrogen) atoms. The van der Waals surface area contributed by atoms with Crippen molar-refractivity contribution in [2.75, 3.05) is 44.4 Å². The Bertz CT molecular complexity index is 427. The lowest BCUT2D eigenvalue weighted by Gasteiger charge is -2.23. The summed E-state index contributed by atoms with van der Waals surface area (Å²) in [4.78, 5) is 6.79. The minimum Gasteiger partial charge on any atom is -0.487 e. The molecule has 2 aliphatic rings. The van der Waals surface area contributed by atoms with Gasteiger partial charge in [-0.3, -0.25) is 0 Å². The number of rotatable bonds is 4. The Balaban J connectivity index is 1.76. The highest BCUT2D eigenvalue weighted by Gasteiger charge is 2.24. The van der Waals surface area contributed by atoms with Gasteiger partial charge >= 0.3 is 0 Å². The van der Waals surface area contributed by atoms with Crippen molar-refractivity contribution in [3.8, 4) is 5.75 Å². The van der Waals surface area contributed by atoms with E-state index in [1.807, 2.05) is 13.1 Å². The molecule has 3 heterocycles. The zero-order chi connectivity index (χ0) is 13.1. The summed E-state index contributed by atoms with van der Waals surface area (Å²) >= 11 is 0. The summed E-state index contributed by atoms with van der Waals surface area (Å²) in [5.41, 5.74) is 1.11. The van der Waals surface area contributed by atoms with Crippen LogP contribution in [0.25, 0.3) is 0 Å². The molecule has 1 atom stereocenters. The van der Waals surface area contributed by atoms with E-state index >= 15 is 0 Å². The van der Waals surface area contributed by atoms with Crippen molar-refractivity contribution in [3.63, 3.8) is 0 Å². The van der Waals surface area contributed by atoms with Gasteiger partial charge in [0.25, 0.3) is 0 Å². The monoisotopic (exact) mass is 264 g/mol. The average Bonchev–Trinajstić information content (AvgIpc) is 3.24. The molecule has 1 aromatic heterocycles. The Labute approximate surface area is 113 Å². The topological polar surface area (TPSA) is 47.1 Å². The smallest absolute Gasteiger partial charge is 0.171 e. The first-order valence-electron chi connectivity index (χ1n) is 6.86. The van der Waals surface area contributed by atoms with Crippen molar-refractivity contribution in [2.24, 2.45) is 0 Å². The van der Waals surface area contributed by atoms with Gasteiger partial charge in [-0.25, -0.2) is 4.98 Å². The molecule has 2 fully saturated rings. The van der Waals surface area contributed by atoms with Crippen LogP contribution in [0.5, 0.6) is 5.75 Å². The molecule has 0 amide bonds. The average molecular weight is 264 g/mol. The number of hydrogen-bond acceptors (Lipinski definition) is 5. The zero-order valence-electron chi connectivity index (χ0n) is 11.3. The summed E-state index contributed by atoms with van der Waals surface area (Å²) in [5.74, 6) is 1.79. The molecule has 3 rings (SSSR count). The maximum atomic E-state index is 5.87. The van der Waals surface area contributed by atoms with E-state index in [1.165, 1.54) is 0 Å². The van der Waals surface area contributed by atoms with Crippen molar-refractivity contribution >= 4 is 5.82 Å². The molecule has 2 saturated heterocycles. The van der Waals surface area contributed by atoms with E-state index in [9.17, 15) is 0 Å². The Kier molecular flexibility index (Phi) is 3.84. The van der Waals surface area contributed by atoms with E-state index in [4.69, 9.17) is 14.2 Å². The summed E-state index contributed by atoms with van der Waals surface area (Å²) in [5, 5.41) is 0. The van der Waals surface area contributed by atoms with Crippen molar-refractivity contribution in [3.05, 3.63) is 17.8 Å². The van der Waals surface area contributed by atoms with E-state index in [-0.39, 0.29) is 6.10 Å². The summed E-state index contributed by atoms with van der Waals surface area (Å²) in [6, 6.07) is 2.05. The lowest BCUT2D eigenvalue weighted by atomic mass is 10.2. The molecular weight excluding hydrogens is 244 g/mol. The molecule has 0 bridgehead atoms. The van der Waals surface area contributed by atoms with Gasteiger partial charge in [-0.15, -0.1) is 0 Å². The van der Waals surface area contributed by atoms with Gasteiger partial charge in [0.1, 0.15) is 12.7 Å². The van der Waals surface area contributed by atoms with Gasteiger partial charge in [0, 0.05) is 25.9 Å². The minimum absolute atomic E-state index is 0.265. The van der Waals surface area contributed by atoms with E-state index < -0.39 is 0 Å². The Morgan fingerprint density at radius 2 is 2.32 bits per heavy atom. The number of nitrogens with zero attached hydrogens (tertiary/aromatic N) is 2. The van der Waals surface area contributed by atoms with Crippen LogP contribution in [0.4, 0.5) is 5.82 Å². The molecule has 0 spiro atoms. The van der Waals surface area contributed by atoms with Gasteiger partial charge in [-0.05, 0) is 25.0 Å². The summed E-state index contributed by atoms with van der Waals surface area (Å²) in [6.45, 7) is 6.87. The zero-order valence-corrected chi connectivity index (χ0v) is 11.3. The number of pyridine rings is 1. The largest absolute Gasteiger partial charge is 0.487 e. The SMILES string of the molecule is Cc1cnc(N2CCCOCC2)c(OC[C@@H]2CO2)c1. The highest BCUT2D eigenvalue weighted by atomic mass is 16.6. The van der Waals surface area contributed by atoms with Crippen LogP contribution in [0.1, 0.15) is 12.0 Å². The molecule has 104 valence electrons. The fraction of sp³-hybridized carbons (Fsp3) is 0.643. The second-order valence-corrected chi connectivity index (χ2v) is 5.05. The second-order valence-electron chi connectivity index (χ2n) is 5.05. The highest BCUT2D eigenvalue weighted by molar-refractivity contribution is 5.53. The maximum Gasteiger partial charge on any atom is 0.171 e. The summed E-state index contributed by atoms with van der Waals surface area (Å²) in [6.07, 6.45) is 3.18. The molecule has 0 N–H and O–H groups in total. The van der Waals surface area contributed by atoms with Crippen LogP contribution in [0.2, 0.25) is 0 Å². The molecule has 5 heteroatoms. The van der Waals surface area contributed by atoms with Crippen LogP contribution in [-0.2, 0) is 9.47 Å². The number of epoxide rings is 1. The van der Waals surface area contributed by atoms with Crippen LogP contribution >= 0.6 is 0 Å². The normalized spacial score (nSPS) is 23.0. The number of ether oxygens (including phenoxy) is 3. The van der Waals surface area contributed by atoms with Crippen LogP contribution in [0.15, 0.2) is 12.3 Å². The van der Waals surface area contributed by atoms with Gasteiger partial charge in [0.15, 0.2) is 11.6 Å². The van der Waals surface area contributed by atoms with E-state index in [2.05, 4.69) is 16.0 Å². The van der Waals surface area contributed by atoms with Crippen molar-refractivity contribution in [1.29, 1.82) is 0 Å². The second kappa shape index (κ2) is 5.75. The maximum absolute atomic E-state index is 5.87. The van der Waals surface area contributed by atoms with Crippen LogP contribution in [-0.4, -0.2) is 50.6 Å². The van der Waals surface area contributed by atoms with E-state index in [0.29, 0.717) is 6.61 Å². The van der Waals surface area contributed by atoms with Crippen LogP contribution < -0.4 is 9.64 Å². The predicted octanol–water partition coefficient (Wildman–Crippen LogP) is 1.39. The first-order valence-corrected chi connectivity index (χ1v) is 6.86. The molecule has 0 aliphatic carbocycles. The third-order valence-corrected chi connectivity index (χ3v) is 3.32. The first-order chi connectivity index (χ1) is 9.33. The van der Waals surface area contributed by atoms with Crippen LogP contribution in [0, 0.1) is 6.92 Å². The summed E-state index contributed by atoms with van der Waals surface area (Å²) < 4.78 is 16.5. The third kappa shape index (κ3) is 3.36. The molecule has 5 nitrogen and oxygen atoms in total. The quantitative estimate of drug-likeness (QED) is 0.769. The van der Waals surface area contributed by atoms with Gasteiger partial charge in [-0.1, -0.05) is 0 Å². The molecular formula is C14H20N2O3. The molecule has 0 radical (unpaired) electrons. The number of hydrogen-bond donors (Lipinski definition) is 0. The molecule has 2 aliphatic heterocycles. The molecule has 0 unspecified atom stereocenters. The van der Waals surface area contributed by atoms with Gasteiger partial charge in [0.05, 0.1) is 13.2 Å². The molecule has 0 aromatic carbocycles. The Hall–Kier alpha value is -1.33. The lowest BCUT2D eigenvalue weighted by molar-refractivity contribution is 0.152. The standard InChI is InChI=1S/C14H20N2O3/c1-11-7-13(19-10-12-9-18-12)14(15-8-11)16-3-2-5-17-6-4-16/h7-8,12H,2-6,9-10H2,1H3/t12-/m0/s1. The predicted molar refractivity (Wildman–Crippen MR) is 71.9 cm³/mol. The first kappa shape index (κ1) is 12.7.